The van der Waals surface area contributed by atoms with E-state index in [0.29, 0.717) is 13.2 Å². The summed E-state index contributed by atoms with van der Waals surface area (Å²) in [5.41, 5.74) is 1.93. The molecule has 5 heteroatoms. The molecule has 1 heterocycles. The highest BCUT2D eigenvalue weighted by Gasteiger charge is 2.40. The molecule has 0 bridgehead atoms. The maximum atomic E-state index is 12.8. The van der Waals surface area contributed by atoms with E-state index in [1.807, 2.05) is 25.5 Å². The van der Waals surface area contributed by atoms with Gasteiger partial charge in [-0.2, -0.15) is 5.10 Å². The SMILES string of the molecule is COCCC1(C(=O)N[C@H](C)Cn2nc(C)cc2C)CCCC1. The summed E-state index contributed by atoms with van der Waals surface area (Å²) in [4.78, 5) is 12.8. The molecule has 0 saturated heterocycles. The quantitative estimate of drug-likeness (QED) is 0.842. The van der Waals surface area contributed by atoms with Crippen LogP contribution < -0.4 is 5.32 Å². The van der Waals surface area contributed by atoms with Crippen LogP contribution in [0.5, 0.6) is 0 Å². The van der Waals surface area contributed by atoms with Gasteiger partial charge in [-0.1, -0.05) is 12.8 Å². The number of hydrogen-bond acceptors (Lipinski definition) is 3. The third kappa shape index (κ3) is 3.88. The van der Waals surface area contributed by atoms with Crippen LogP contribution in [0.1, 0.15) is 50.4 Å². The fourth-order valence-corrected chi connectivity index (χ4v) is 3.48. The molecule has 1 amide bonds. The predicted molar refractivity (Wildman–Crippen MR) is 86.7 cm³/mol. The number of carbonyl (C=O) groups excluding carboxylic acids is 1. The van der Waals surface area contributed by atoms with Crippen molar-refractivity contribution >= 4 is 5.91 Å². The van der Waals surface area contributed by atoms with Crippen LogP contribution in [-0.4, -0.2) is 35.4 Å². The van der Waals surface area contributed by atoms with Crippen molar-refractivity contribution in [2.75, 3.05) is 13.7 Å². The lowest BCUT2D eigenvalue weighted by atomic mass is 9.81. The van der Waals surface area contributed by atoms with Gasteiger partial charge in [0.25, 0.3) is 0 Å². The molecule has 1 atom stereocenters. The van der Waals surface area contributed by atoms with Crippen molar-refractivity contribution in [1.29, 1.82) is 0 Å². The van der Waals surface area contributed by atoms with Gasteiger partial charge >= 0.3 is 0 Å². The highest BCUT2D eigenvalue weighted by Crippen LogP contribution is 2.41. The highest BCUT2D eigenvalue weighted by atomic mass is 16.5. The molecule has 1 saturated carbocycles. The van der Waals surface area contributed by atoms with E-state index in [1.54, 1.807) is 7.11 Å². The van der Waals surface area contributed by atoms with Gasteiger partial charge in [-0.25, -0.2) is 0 Å². The Morgan fingerprint density at radius 1 is 1.45 bits per heavy atom. The van der Waals surface area contributed by atoms with E-state index in [2.05, 4.69) is 16.5 Å². The first kappa shape index (κ1) is 17.0. The number of nitrogens with one attached hydrogen (secondary N) is 1. The van der Waals surface area contributed by atoms with E-state index in [4.69, 9.17) is 4.74 Å². The molecule has 22 heavy (non-hydrogen) atoms. The largest absolute Gasteiger partial charge is 0.385 e. The van der Waals surface area contributed by atoms with Crippen LogP contribution in [0.3, 0.4) is 0 Å². The van der Waals surface area contributed by atoms with E-state index >= 15 is 0 Å². The summed E-state index contributed by atoms with van der Waals surface area (Å²) in [6.45, 7) is 7.45. The fourth-order valence-electron chi connectivity index (χ4n) is 3.48. The lowest BCUT2D eigenvalue weighted by molar-refractivity contribution is -0.132. The highest BCUT2D eigenvalue weighted by molar-refractivity contribution is 5.83. The van der Waals surface area contributed by atoms with Gasteiger partial charge in [0.1, 0.15) is 0 Å². The number of aryl methyl sites for hydroxylation is 2. The summed E-state index contributed by atoms with van der Waals surface area (Å²) >= 11 is 0. The predicted octanol–water partition coefficient (Wildman–Crippen LogP) is 2.60. The maximum absolute atomic E-state index is 12.8. The van der Waals surface area contributed by atoms with E-state index < -0.39 is 0 Å². The van der Waals surface area contributed by atoms with Gasteiger partial charge in [-0.3, -0.25) is 9.48 Å². The standard InChI is InChI=1S/C17H29N3O2/c1-13-11-15(3)20(19-13)12-14(2)18-16(21)17(9-10-22-4)7-5-6-8-17/h11,14H,5-10,12H2,1-4H3,(H,18,21)/t14-/m1/s1. The summed E-state index contributed by atoms with van der Waals surface area (Å²) < 4.78 is 7.17. The molecule has 1 aliphatic rings. The van der Waals surface area contributed by atoms with Crippen LogP contribution in [0.25, 0.3) is 0 Å². The van der Waals surface area contributed by atoms with E-state index in [9.17, 15) is 4.79 Å². The number of amides is 1. The molecule has 0 spiro atoms. The molecule has 1 fully saturated rings. The van der Waals surface area contributed by atoms with Gasteiger partial charge in [-0.05, 0) is 46.1 Å². The third-order valence-corrected chi connectivity index (χ3v) is 4.75. The molecule has 124 valence electrons. The maximum Gasteiger partial charge on any atom is 0.226 e. The van der Waals surface area contributed by atoms with Crippen LogP contribution in [0, 0.1) is 19.3 Å². The van der Waals surface area contributed by atoms with Gasteiger partial charge in [0.2, 0.25) is 5.91 Å². The minimum atomic E-state index is -0.223. The van der Waals surface area contributed by atoms with E-state index in [-0.39, 0.29) is 17.4 Å². The Morgan fingerprint density at radius 3 is 2.68 bits per heavy atom. The Hall–Kier alpha value is -1.36. The van der Waals surface area contributed by atoms with Crippen molar-refractivity contribution in [2.24, 2.45) is 5.41 Å². The van der Waals surface area contributed by atoms with Crippen LogP contribution >= 0.6 is 0 Å². The second-order valence-electron chi connectivity index (χ2n) is 6.71. The summed E-state index contributed by atoms with van der Waals surface area (Å²) in [7, 11) is 1.70. The van der Waals surface area contributed by atoms with Crippen LogP contribution in [0.2, 0.25) is 0 Å². The molecule has 0 aromatic carbocycles. The van der Waals surface area contributed by atoms with E-state index in [0.717, 1.165) is 43.5 Å². The monoisotopic (exact) mass is 307 g/mol. The number of nitrogens with zero attached hydrogens (tertiary/aromatic N) is 2. The second kappa shape index (κ2) is 7.27. The first-order chi connectivity index (χ1) is 10.5. The van der Waals surface area contributed by atoms with Gasteiger partial charge in [0.15, 0.2) is 0 Å². The average Bonchev–Trinajstić information content (AvgIpc) is 3.05. The van der Waals surface area contributed by atoms with Gasteiger partial charge < -0.3 is 10.1 Å². The van der Waals surface area contributed by atoms with Crippen molar-refractivity contribution in [3.8, 4) is 0 Å². The molecule has 5 nitrogen and oxygen atoms in total. The zero-order valence-electron chi connectivity index (χ0n) is 14.3. The zero-order chi connectivity index (χ0) is 16.2. The molecule has 0 unspecified atom stereocenters. The summed E-state index contributed by atoms with van der Waals surface area (Å²) in [6.07, 6.45) is 5.07. The molecule has 2 rings (SSSR count). The molecule has 1 aromatic rings. The fraction of sp³-hybridized carbons (Fsp3) is 0.765. The lowest BCUT2D eigenvalue weighted by Gasteiger charge is -2.29. The van der Waals surface area contributed by atoms with E-state index in [1.165, 1.54) is 0 Å². The summed E-state index contributed by atoms with van der Waals surface area (Å²) in [5, 5.41) is 7.67. The number of aromatic nitrogens is 2. The first-order valence-corrected chi connectivity index (χ1v) is 8.28. The molecular weight excluding hydrogens is 278 g/mol. The number of ether oxygens (including phenoxy) is 1. The number of methoxy groups -OCH3 is 1. The zero-order valence-corrected chi connectivity index (χ0v) is 14.3. The minimum absolute atomic E-state index is 0.0746. The normalized spacial score (nSPS) is 18.4. The molecular formula is C17H29N3O2. The lowest BCUT2D eigenvalue weighted by Crippen LogP contribution is -2.45. The number of rotatable bonds is 7. The first-order valence-electron chi connectivity index (χ1n) is 8.28. The Labute approximate surface area is 133 Å². The van der Waals surface area contributed by atoms with Gasteiger partial charge in [0.05, 0.1) is 17.7 Å². The summed E-state index contributed by atoms with van der Waals surface area (Å²) in [5.74, 6) is 0.191. The minimum Gasteiger partial charge on any atom is -0.385 e. The topological polar surface area (TPSA) is 56.1 Å². The molecule has 1 aromatic heterocycles. The Bertz CT molecular complexity index is 504. The average molecular weight is 307 g/mol. The van der Waals surface area contributed by atoms with Crippen molar-refractivity contribution < 1.29 is 9.53 Å². The molecule has 0 aliphatic heterocycles. The molecule has 1 N–H and O–H groups in total. The van der Waals surface area contributed by atoms with Crippen molar-refractivity contribution in [3.05, 3.63) is 17.5 Å². The van der Waals surface area contributed by atoms with Crippen LogP contribution in [-0.2, 0) is 16.1 Å². The molecule has 1 aliphatic carbocycles. The van der Waals surface area contributed by atoms with Crippen molar-refractivity contribution in [3.63, 3.8) is 0 Å². The second-order valence-corrected chi connectivity index (χ2v) is 6.71. The Balaban J connectivity index is 1.95. The Morgan fingerprint density at radius 2 is 2.14 bits per heavy atom. The Kier molecular flexibility index (Phi) is 5.62. The van der Waals surface area contributed by atoms with Crippen LogP contribution in [0.15, 0.2) is 6.07 Å². The molecule has 0 radical (unpaired) electrons. The van der Waals surface area contributed by atoms with Crippen molar-refractivity contribution in [2.45, 2.75) is 65.5 Å². The number of hydrogen-bond donors (Lipinski definition) is 1. The van der Waals surface area contributed by atoms with Gasteiger partial charge in [0, 0.05) is 25.5 Å². The van der Waals surface area contributed by atoms with Crippen molar-refractivity contribution in [1.82, 2.24) is 15.1 Å². The third-order valence-electron chi connectivity index (χ3n) is 4.75. The van der Waals surface area contributed by atoms with Gasteiger partial charge in [-0.15, -0.1) is 0 Å². The van der Waals surface area contributed by atoms with Crippen LogP contribution in [0.4, 0.5) is 0 Å². The summed E-state index contributed by atoms with van der Waals surface area (Å²) in [6, 6.07) is 2.14. The smallest absolute Gasteiger partial charge is 0.226 e. The number of carbonyl (C=O) groups is 1.